The molecule has 0 aliphatic carbocycles. The Balaban J connectivity index is 1.86. The van der Waals surface area contributed by atoms with E-state index in [0.717, 1.165) is 21.9 Å². The summed E-state index contributed by atoms with van der Waals surface area (Å²) in [6.45, 7) is 1.63. The van der Waals surface area contributed by atoms with Gasteiger partial charge < -0.3 is 20.5 Å². The van der Waals surface area contributed by atoms with Crippen LogP contribution in [-0.2, 0) is 15.8 Å². The first-order valence-corrected chi connectivity index (χ1v) is 12.2. The van der Waals surface area contributed by atoms with E-state index >= 15 is 0 Å². The third-order valence-electron chi connectivity index (χ3n) is 6.34. The number of nitrogens with zero attached hydrogens (tertiary/aromatic N) is 2. The summed E-state index contributed by atoms with van der Waals surface area (Å²) in [6.07, 6.45) is -4.63. The van der Waals surface area contributed by atoms with Gasteiger partial charge in [-0.3, -0.25) is 14.5 Å². The lowest BCUT2D eigenvalue weighted by Gasteiger charge is -2.26. The zero-order valence-electron chi connectivity index (χ0n) is 20.9. The molecular weight excluding hydrogens is 515 g/mol. The number of carbonyl (C=O) groups is 3. The first kappa shape index (κ1) is 27.6. The molecule has 3 N–H and O–H groups in total. The number of aliphatic carboxylic acids is 1. The second-order valence-corrected chi connectivity index (χ2v) is 8.87. The number of hydrogen-bond donors (Lipinski definition) is 2. The number of alkyl halides is 3. The van der Waals surface area contributed by atoms with Gasteiger partial charge in [0.25, 0.3) is 11.8 Å². The highest BCUT2D eigenvalue weighted by atomic mass is 19.4. The van der Waals surface area contributed by atoms with Crippen LogP contribution < -0.4 is 15.4 Å². The number of fused-ring (bicyclic) bond motifs is 1. The molecule has 0 saturated carbocycles. The van der Waals surface area contributed by atoms with Gasteiger partial charge in [0.05, 0.1) is 16.8 Å². The van der Waals surface area contributed by atoms with Crippen LogP contribution in [0.4, 0.5) is 24.5 Å². The van der Waals surface area contributed by atoms with E-state index in [1.165, 1.54) is 24.3 Å². The van der Waals surface area contributed by atoms with E-state index in [4.69, 9.17) is 10.5 Å². The second-order valence-electron chi connectivity index (χ2n) is 8.87. The van der Waals surface area contributed by atoms with Gasteiger partial charge in [-0.2, -0.15) is 13.2 Å². The fraction of sp³-hybridized carbons (Fsp3) is 0.250. The largest absolute Gasteiger partial charge is 0.492 e. The number of anilines is 2. The molecule has 204 valence electrons. The number of amides is 2. The molecule has 1 aliphatic heterocycles. The molecule has 4 rings (SSSR count). The van der Waals surface area contributed by atoms with Gasteiger partial charge in [-0.15, -0.1) is 0 Å². The third kappa shape index (κ3) is 5.73. The zero-order valence-corrected chi connectivity index (χ0v) is 20.9. The van der Waals surface area contributed by atoms with E-state index in [0.29, 0.717) is 30.0 Å². The van der Waals surface area contributed by atoms with Gasteiger partial charge in [-0.25, -0.2) is 4.79 Å². The molecule has 2 amide bonds. The molecule has 3 aromatic rings. The van der Waals surface area contributed by atoms with E-state index in [1.807, 2.05) is 0 Å². The molecule has 1 heterocycles. The van der Waals surface area contributed by atoms with Gasteiger partial charge in [0.2, 0.25) is 0 Å². The van der Waals surface area contributed by atoms with Crippen molar-refractivity contribution in [1.29, 1.82) is 0 Å². The summed E-state index contributed by atoms with van der Waals surface area (Å²) in [5, 5.41) is 9.73. The molecular formula is C28H26F3N3O5. The van der Waals surface area contributed by atoms with Crippen molar-refractivity contribution in [2.24, 2.45) is 5.73 Å². The number of halogens is 3. The second kappa shape index (κ2) is 11.2. The Bertz CT molecular complexity index is 1390. The van der Waals surface area contributed by atoms with Crippen molar-refractivity contribution < 1.29 is 37.4 Å². The lowest BCUT2D eigenvalue weighted by Crippen LogP contribution is -2.47. The molecule has 0 spiro atoms. The molecule has 1 unspecified atom stereocenters. The summed E-state index contributed by atoms with van der Waals surface area (Å²) < 4.78 is 45.9. The number of nitrogens with two attached hydrogens (primary N) is 1. The maximum absolute atomic E-state index is 13.7. The molecule has 39 heavy (non-hydrogen) atoms. The first-order valence-electron chi connectivity index (χ1n) is 12.2. The Labute approximate surface area is 222 Å². The Hall–Kier alpha value is -4.38. The fourth-order valence-corrected chi connectivity index (χ4v) is 4.46. The van der Waals surface area contributed by atoms with Crippen molar-refractivity contribution in [2.45, 2.75) is 25.6 Å². The topological polar surface area (TPSA) is 113 Å². The predicted octanol–water partition coefficient (Wildman–Crippen LogP) is 4.69. The lowest BCUT2D eigenvalue weighted by molar-refractivity contribution is -0.143. The van der Waals surface area contributed by atoms with Crippen molar-refractivity contribution in [3.63, 3.8) is 0 Å². The number of carbonyl (C=O) groups excluding carboxylic acids is 2. The van der Waals surface area contributed by atoms with Gasteiger partial charge in [-0.05, 0) is 60.0 Å². The highest BCUT2D eigenvalue weighted by Crippen LogP contribution is 2.38. The van der Waals surface area contributed by atoms with Crippen LogP contribution >= 0.6 is 0 Å². The highest BCUT2D eigenvalue weighted by molar-refractivity contribution is 6.14. The Kier molecular flexibility index (Phi) is 7.91. The van der Waals surface area contributed by atoms with Crippen LogP contribution in [0.2, 0.25) is 0 Å². The summed E-state index contributed by atoms with van der Waals surface area (Å²) in [7, 11) is 0. The Morgan fingerprint density at radius 1 is 1.05 bits per heavy atom. The molecule has 11 heteroatoms. The van der Waals surface area contributed by atoms with E-state index in [9.17, 15) is 32.7 Å². The number of hydrogen-bond acceptors (Lipinski definition) is 5. The molecule has 3 aromatic carbocycles. The summed E-state index contributed by atoms with van der Waals surface area (Å²) in [5.41, 5.74) is 5.72. The van der Waals surface area contributed by atoms with Crippen LogP contribution in [0.25, 0.3) is 11.1 Å². The standard InChI is InChI=1S/C28H26F3N3O5/c1-2-23(27(37)38)33-16-25(35)34(20-5-3-4-19(15-20)28(29,30)31)24-11-8-18(14-22(24)26(33)36)17-6-9-21(10-7-17)39-13-12-32/h3-11,14-15,23H,2,12-13,16,32H2,1H3,(H,37,38). The normalized spacial score (nSPS) is 14.6. The molecule has 8 nitrogen and oxygen atoms in total. The number of carboxylic acid groups (broad SMARTS) is 1. The minimum atomic E-state index is -4.66. The number of carboxylic acids is 1. The molecule has 0 aromatic heterocycles. The molecule has 0 radical (unpaired) electrons. The average Bonchev–Trinajstić information content (AvgIpc) is 3.01. The van der Waals surface area contributed by atoms with Gasteiger partial charge in [0, 0.05) is 12.2 Å². The van der Waals surface area contributed by atoms with Crippen molar-refractivity contribution in [3.05, 3.63) is 77.9 Å². The summed E-state index contributed by atoms with van der Waals surface area (Å²) >= 11 is 0. The lowest BCUT2D eigenvalue weighted by atomic mass is 10.00. The highest BCUT2D eigenvalue weighted by Gasteiger charge is 2.39. The fourth-order valence-electron chi connectivity index (χ4n) is 4.46. The summed E-state index contributed by atoms with van der Waals surface area (Å²) in [4.78, 5) is 41.1. The predicted molar refractivity (Wildman–Crippen MR) is 138 cm³/mol. The van der Waals surface area contributed by atoms with Crippen LogP contribution in [0.15, 0.2) is 66.7 Å². The van der Waals surface area contributed by atoms with E-state index in [1.54, 1.807) is 37.3 Å². The van der Waals surface area contributed by atoms with Gasteiger partial charge in [0.1, 0.15) is 24.9 Å². The Morgan fingerprint density at radius 2 is 1.74 bits per heavy atom. The minimum Gasteiger partial charge on any atom is -0.492 e. The van der Waals surface area contributed by atoms with Crippen LogP contribution in [0, 0.1) is 0 Å². The summed E-state index contributed by atoms with van der Waals surface area (Å²) in [6, 6.07) is 14.5. The molecule has 1 atom stereocenters. The zero-order chi connectivity index (χ0) is 28.3. The number of ether oxygens (including phenoxy) is 1. The maximum atomic E-state index is 13.7. The quantitative estimate of drug-likeness (QED) is 0.428. The van der Waals surface area contributed by atoms with Gasteiger partial charge >= 0.3 is 12.1 Å². The molecule has 1 aliphatic rings. The van der Waals surface area contributed by atoms with Gasteiger partial charge in [0.15, 0.2) is 0 Å². The van der Waals surface area contributed by atoms with Crippen LogP contribution in [-0.4, -0.2) is 53.5 Å². The SMILES string of the molecule is CCC(C(=O)O)N1CC(=O)N(c2cccc(C(F)(F)F)c2)c2ccc(-c3ccc(OCCN)cc3)cc2C1=O. The minimum absolute atomic E-state index is 0.0149. The molecule has 0 fully saturated rings. The van der Waals surface area contributed by atoms with E-state index in [2.05, 4.69) is 0 Å². The first-order chi connectivity index (χ1) is 18.5. The van der Waals surface area contributed by atoms with Crippen LogP contribution in [0.5, 0.6) is 5.75 Å². The third-order valence-corrected chi connectivity index (χ3v) is 6.34. The van der Waals surface area contributed by atoms with E-state index in [-0.39, 0.29) is 23.4 Å². The maximum Gasteiger partial charge on any atom is 0.416 e. The number of rotatable bonds is 8. The average molecular weight is 542 g/mol. The van der Waals surface area contributed by atoms with Crippen molar-refractivity contribution in [2.75, 3.05) is 24.6 Å². The van der Waals surface area contributed by atoms with E-state index < -0.39 is 42.1 Å². The van der Waals surface area contributed by atoms with Crippen LogP contribution in [0.1, 0.15) is 29.3 Å². The summed E-state index contributed by atoms with van der Waals surface area (Å²) in [5.74, 6) is -2.16. The molecule has 0 bridgehead atoms. The van der Waals surface area contributed by atoms with Crippen molar-refractivity contribution in [1.82, 2.24) is 4.90 Å². The van der Waals surface area contributed by atoms with Crippen LogP contribution in [0.3, 0.4) is 0 Å². The molecule has 0 saturated heterocycles. The Morgan fingerprint density at radius 3 is 2.36 bits per heavy atom. The monoisotopic (exact) mass is 541 g/mol. The van der Waals surface area contributed by atoms with Crippen molar-refractivity contribution >= 4 is 29.2 Å². The van der Waals surface area contributed by atoms with Crippen molar-refractivity contribution in [3.8, 4) is 16.9 Å². The smallest absolute Gasteiger partial charge is 0.416 e. The number of benzene rings is 3. The van der Waals surface area contributed by atoms with Gasteiger partial charge in [-0.1, -0.05) is 31.2 Å².